The van der Waals surface area contributed by atoms with E-state index in [0.717, 1.165) is 6.42 Å². The van der Waals surface area contributed by atoms with Crippen LogP contribution in [0.3, 0.4) is 0 Å². The lowest BCUT2D eigenvalue weighted by atomic mass is 9.64. The Bertz CT molecular complexity index is 256. The van der Waals surface area contributed by atoms with E-state index < -0.39 is 0 Å². The van der Waals surface area contributed by atoms with E-state index in [-0.39, 0.29) is 30.1 Å². The predicted octanol–water partition coefficient (Wildman–Crippen LogP) is 0.282. The van der Waals surface area contributed by atoms with Gasteiger partial charge in [0.25, 0.3) is 0 Å². The first-order valence-electron chi connectivity index (χ1n) is 6.21. The molecule has 0 aromatic carbocycles. The minimum absolute atomic E-state index is 0.000459. The van der Waals surface area contributed by atoms with Crippen molar-refractivity contribution in [3.05, 3.63) is 0 Å². The molecule has 0 bridgehead atoms. The molecule has 0 aromatic heterocycles. The molecule has 1 rings (SSSR count). The maximum absolute atomic E-state index is 11.6. The molecule has 5 nitrogen and oxygen atoms in total. The van der Waals surface area contributed by atoms with Crippen LogP contribution in [0.5, 0.6) is 0 Å². The van der Waals surface area contributed by atoms with E-state index >= 15 is 0 Å². The van der Waals surface area contributed by atoms with E-state index in [0.29, 0.717) is 19.8 Å². The molecule has 0 radical (unpaired) electrons. The molecule has 2 unspecified atom stereocenters. The highest BCUT2D eigenvalue weighted by molar-refractivity contribution is 5.77. The molecule has 17 heavy (non-hydrogen) atoms. The Morgan fingerprint density at radius 3 is 2.76 bits per heavy atom. The van der Waals surface area contributed by atoms with E-state index in [4.69, 9.17) is 15.2 Å². The van der Waals surface area contributed by atoms with Crippen LogP contribution >= 0.6 is 0 Å². The Labute approximate surface area is 103 Å². The van der Waals surface area contributed by atoms with Crippen molar-refractivity contribution in [1.82, 2.24) is 5.32 Å². The van der Waals surface area contributed by atoms with Gasteiger partial charge in [-0.25, -0.2) is 0 Å². The Kier molecular flexibility index (Phi) is 5.36. The molecule has 1 aliphatic carbocycles. The van der Waals surface area contributed by atoms with Gasteiger partial charge >= 0.3 is 0 Å². The van der Waals surface area contributed by atoms with Crippen LogP contribution in [0, 0.1) is 5.41 Å². The normalized spacial score (nSPS) is 26.4. The van der Waals surface area contributed by atoms with Gasteiger partial charge in [-0.3, -0.25) is 4.79 Å². The molecule has 0 spiro atoms. The second-order valence-corrected chi connectivity index (χ2v) is 4.96. The molecule has 1 aliphatic rings. The van der Waals surface area contributed by atoms with Gasteiger partial charge in [-0.05, 0) is 13.3 Å². The number of rotatable bonds is 7. The first kappa shape index (κ1) is 14.4. The molecule has 1 amide bonds. The van der Waals surface area contributed by atoms with Gasteiger partial charge in [-0.15, -0.1) is 0 Å². The van der Waals surface area contributed by atoms with Gasteiger partial charge in [0.05, 0.1) is 12.7 Å². The highest BCUT2D eigenvalue weighted by atomic mass is 16.5. The van der Waals surface area contributed by atoms with Crippen molar-refractivity contribution in [3.63, 3.8) is 0 Å². The maximum atomic E-state index is 11.6. The summed E-state index contributed by atoms with van der Waals surface area (Å²) in [5, 5.41) is 2.97. The lowest BCUT2D eigenvalue weighted by Crippen LogP contribution is -2.62. The summed E-state index contributed by atoms with van der Waals surface area (Å²) in [5.74, 6) is -0.0773. The summed E-state index contributed by atoms with van der Waals surface area (Å²) in [5.41, 5.74) is 5.27. The number of hydrogen-bond donors (Lipinski definition) is 2. The summed E-state index contributed by atoms with van der Waals surface area (Å²) in [7, 11) is 0. The van der Waals surface area contributed by atoms with Crippen LogP contribution < -0.4 is 11.1 Å². The highest BCUT2D eigenvalue weighted by Crippen LogP contribution is 2.42. The Hall–Kier alpha value is -0.650. The van der Waals surface area contributed by atoms with Crippen LogP contribution in [0.1, 0.15) is 27.2 Å². The summed E-state index contributed by atoms with van der Waals surface area (Å²) < 4.78 is 10.7. The zero-order valence-corrected chi connectivity index (χ0v) is 11.0. The van der Waals surface area contributed by atoms with Gasteiger partial charge < -0.3 is 20.5 Å². The molecular formula is C12H24N2O3. The van der Waals surface area contributed by atoms with Crippen molar-refractivity contribution in [3.8, 4) is 0 Å². The molecular weight excluding hydrogens is 220 g/mol. The first-order chi connectivity index (χ1) is 8.02. The van der Waals surface area contributed by atoms with Crippen LogP contribution in [-0.4, -0.2) is 44.4 Å². The lowest BCUT2D eigenvalue weighted by molar-refractivity contribution is -0.140. The van der Waals surface area contributed by atoms with Crippen molar-refractivity contribution in [2.24, 2.45) is 11.1 Å². The Morgan fingerprint density at radius 1 is 1.53 bits per heavy atom. The summed E-state index contributed by atoms with van der Waals surface area (Å²) in [6.45, 7) is 7.88. The van der Waals surface area contributed by atoms with Crippen molar-refractivity contribution in [2.75, 3.05) is 26.4 Å². The molecule has 2 atom stereocenters. The summed E-state index contributed by atoms with van der Waals surface area (Å²) in [4.78, 5) is 11.6. The molecule has 0 aromatic rings. The number of nitrogens with two attached hydrogens (primary N) is 1. The predicted molar refractivity (Wildman–Crippen MR) is 65.6 cm³/mol. The summed E-state index contributed by atoms with van der Waals surface area (Å²) >= 11 is 0. The van der Waals surface area contributed by atoms with Crippen LogP contribution in [0.4, 0.5) is 0 Å². The molecule has 1 saturated carbocycles. The zero-order chi connectivity index (χ0) is 12.9. The average Bonchev–Trinajstić information content (AvgIpc) is 2.28. The van der Waals surface area contributed by atoms with Crippen LogP contribution in [0.2, 0.25) is 0 Å². The molecule has 1 fully saturated rings. The molecule has 3 N–H and O–H groups in total. The smallest absolute Gasteiger partial charge is 0.246 e. The van der Waals surface area contributed by atoms with Gasteiger partial charge in [0.1, 0.15) is 6.61 Å². The fraction of sp³-hybridized carbons (Fsp3) is 0.917. The van der Waals surface area contributed by atoms with E-state index in [9.17, 15) is 4.79 Å². The lowest BCUT2D eigenvalue weighted by Gasteiger charge is -2.51. The van der Waals surface area contributed by atoms with Crippen LogP contribution in [0.15, 0.2) is 0 Å². The topological polar surface area (TPSA) is 73.6 Å². The van der Waals surface area contributed by atoms with Gasteiger partial charge in [0.2, 0.25) is 5.91 Å². The van der Waals surface area contributed by atoms with Crippen LogP contribution in [0.25, 0.3) is 0 Å². The minimum atomic E-state index is -0.0773. The zero-order valence-electron chi connectivity index (χ0n) is 11.0. The van der Waals surface area contributed by atoms with E-state index in [2.05, 4.69) is 19.2 Å². The Morgan fingerprint density at radius 2 is 2.24 bits per heavy atom. The van der Waals surface area contributed by atoms with Gasteiger partial charge in [-0.1, -0.05) is 13.8 Å². The largest absolute Gasteiger partial charge is 0.378 e. The number of amides is 1. The summed E-state index contributed by atoms with van der Waals surface area (Å²) in [6, 6.07) is 0.174. The third kappa shape index (κ3) is 3.66. The standard InChI is InChI=1S/C12H24N2O3/c1-4-17-10-7-9(12(10,2)3)14-11(15)8-16-6-5-13/h9-10H,4-8,13H2,1-3H3,(H,14,15). The SMILES string of the molecule is CCOC1CC(NC(=O)COCCN)C1(C)C. The monoisotopic (exact) mass is 244 g/mol. The number of carbonyl (C=O) groups excluding carboxylic acids is 1. The number of hydrogen-bond acceptors (Lipinski definition) is 4. The van der Waals surface area contributed by atoms with E-state index in [1.165, 1.54) is 0 Å². The van der Waals surface area contributed by atoms with E-state index in [1.807, 2.05) is 6.92 Å². The summed E-state index contributed by atoms with van der Waals surface area (Å²) in [6.07, 6.45) is 1.12. The number of carbonyl (C=O) groups is 1. The third-order valence-corrected chi connectivity index (χ3v) is 3.38. The maximum Gasteiger partial charge on any atom is 0.246 e. The molecule has 0 aliphatic heterocycles. The van der Waals surface area contributed by atoms with Gasteiger partial charge in [0, 0.05) is 24.6 Å². The van der Waals surface area contributed by atoms with E-state index in [1.54, 1.807) is 0 Å². The van der Waals surface area contributed by atoms with Crippen molar-refractivity contribution >= 4 is 5.91 Å². The molecule has 5 heteroatoms. The number of ether oxygens (including phenoxy) is 2. The fourth-order valence-electron chi connectivity index (χ4n) is 2.10. The third-order valence-electron chi connectivity index (χ3n) is 3.38. The second kappa shape index (κ2) is 6.33. The minimum Gasteiger partial charge on any atom is -0.378 e. The second-order valence-electron chi connectivity index (χ2n) is 4.96. The van der Waals surface area contributed by atoms with Gasteiger partial charge in [0.15, 0.2) is 0 Å². The molecule has 0 saturated heterocycles. The van der Waals surface area contributed by atoms with Crippen LogP contribution in [-0.2, 0) is 14.3 Å². The number of nitrogens with one attached hydrogen (secondary N) is 1. The highest BCUT2D eigenvalue weighted by Gasteiger charge is 2.49. The quantitative estimate of drug-likeness (QED) is 0.631. The van der Waals surface area contributed by atoms with Crippen molar-refractivity contribution in [1.29, 1.82) is 0 Å². The van der Waals surface area contributed by atoms with Crippen molar-refractivity contribution in [2.45, 2.75) is 39.3 Å². The molecule has 100 valence electrons. The fourth-order valence-corrected chi connectivity index (χ4v) is 2.10. The van der Waals surface area contributed by atoms with Gasteiger partial charge in [-0.2, -0.15) is 0 Å². The van der Waals surface area contributed by atoms with Crippen molar-refractivity contribution < 1.29 is 14.3 Å². The average molecular weight is 244 g/mol. The Balaban J connectivity index is 2.27. The molecule has 0 heterocycles. The first-order valence-corrected chi connectivity index (χ1v) is 6.21.